The summed E-state index contributed by atoms with van der Waals surface area (Å²) in [7, 11) is 0. The molecule has 0 aromatic carbocycles. The Morgan fingerprint density at radius 2 is 1.67 bits per heavy atom. The maximum atomic E-state index is 9.00. The average Bonchev–Trinajstić information content (AvgIpc) is 0.811. The molecule has 0 N–H and O–H groups in total. The molecule has 0 aromatic heterocycles. The zero-order valence-electron chi connectivity index (χ0n) is 3.80. The summed E-state index contributed by atoms with van der Waals surface area (Å²) in [5.41, 5.74) is 0. The fourth-order valence-electron chi connectivity index (χ4n) is 0. The zero-order chi connectivity index (χ0) is 3.58. The summed E-state index contributed by atoms with van der Waals surface area (Å²) in [6.07, 6.45) is 1.08. The van der Waals surface area contributed by atoms with Crippen LogP contribution in [0, 0.1) is 7.43 Å². The van der Waals surface area contributed by atoms with Crippen LogP contribution in [0.3, 0.4) is 0 Å². The standard InChI is InChI=1S/CH4O2S.CH3.Y/c1-4(2)3;;/h1H3,(H,2,3);1H3;/q;-1;+3/p-1. The molecule has 0 radical (unpaired) electrons. The predicted molar refractivity (Wildman–Crippen MR) is 21.3 cm³/mol. The summed E-state index contributed by atoms with van der Waals surface area (Å²) >= 11 is -1.86. The predicted octanol–water partition coefficient (Wildman–Crippen LogP) is -0.0569. The molecule has 6 heavy (non-hydrogen) atoms. The smallest absolute Gasteiger partial charge is 0.773 e. The minimum Gasteiger partial charge on any atom is -0.773 e. The van der Waals surface area contributed by atoms with Crippen molar-refractivity contribution in [2.45, 2.75) is 0 Å². The van der Waals surface area contributed by atoms with E-state index in [-0.39, 0.29) is 40.1 Å². The van der Waals surface area contributed by atoms with Gasteiger partial charge in [-0.15, -0.1) is 0 Å². The molecule has 0 aliphatic heterocycles. The van der Waals surface area contributed by atoms with Crippen LogP contribution in [-0.2, 0) is 43.8 Å². The van der Waals surface area contributed by atoms with Gasteiger partial charge in [-0.25, -0.2) is 0 Å². The first-order chi connectivity index (χ1) is 1.73. The molecule has 4 heteroatoms. The van der Waals surface area contributed by atoms with Gasteiger partial charge >= 0.3 is 32.7 Å². The monoisotopic (exact) mass is 183 g/mol. The Labute approximate surface area is 65.9 Å². The normalized spacial score (nSPS) is 10.3. The number of hydrogen-bond donors (Lipinski definition) is 0. The summed E-state index contributed by atoms with van der Waals surface area (Å²) in [6, 6.07) is 0. The van der Waals surface area contributed by atoms with Crippen LogP contribution < -0.4 is 0 Å². The number of rotatable bonds is 0. The molecule has 0 heterocycles. The molecule has 0 saturated carbocycles. The Bertz CT molecular complexity index is 34.5. The van der Waals surface area contributed by atoms with Gasteiger partial charge in [0.1, 0.15) is 0 Å². The van der Waals surface area contributed by atoms with E-state index in [1.165, 1.54) is 0 Å². The average molecular weight is 183 g/mol. The van der Waals surface area contributed by atoms with Gasteiger partial charge in [0.2, 0.25) is 0 Å². The van der Waals surface area contributed by atoms with E-state index in [4.69, 9.17) is 8.76 Å². The van der Waals surface area contributed by atoms with Crippen LogP contribution in [0.4, 0.5) is 0 Å². The third-order valence-corrected chi connectivity index (χ3v) is 0. The van der Waals surface area contributed by atoms with Gasteiger partial charge in [-0.2, -0.15) is 0 Å². The van der Waals surface area contributed by atoms with E-state index in [9.17, 15) is 0 Å². The molecule has 1 atom stereocenters. The Balaban J connectivity index is -0.0000000450. The van der Waals surface area contributed by atoms with E-state index in [2.05, 4.69) is 0 Å². The van der Waals surface area contributed by atoms with Crippen molar-refractivity contribution in [2.75, 3.05) is 6.26 Å². The van der Waals surface area contributed by atoms with E-state index in [0.717, 1.165) is 6.26 Å². The van der Waals surface area contributed by atoms with E-state index in [1.807, 2.05) is 0 Å². The molecule has 2 nitrogen and oxygen atoms in total. The Morgan fingerprint density at radius 1 is 1.67 bits per heavy atom. The SMILES string of the molecule is CS(=O)[O-].[CH3-].[Y+3]. The van der Waals surface area contributed by atoms with Crippen molar-refractivity contribution in [1.29, 1.82) is 0 Å². The molecule has 34 valence electrons. The first-order valence-electron chi connectivity index (χ1n) is 0.742. The molecule has 1 unspecified atom stereocenters. The Kier molecular flexibility index (Phi) is 24.9. The van der Waals surface area contributed by atoms with Gasteiger partial charge in [-0.3, -0.25) is 4.21 Å². The minimum atomic E-state index is -1.86. The van der Waals surface area contributed by atoms with Crippen molar-refractivity contribution in [3.8, 4) is 0 Å². The second-order valence-corrected chi connectivity index (χ2v) is 1.20. The molecule has 0 bridgehead atoms. The van der Waals surface area contributed by atoms with Crippen LogP contribution in [-0.4, -0.2) is 15.0 Å². The zero-order valence-corrected chi connectivity index (χ0v) is 7.46. The second kappa shape index (κ2) is 9.51. The molecular formula is C2H6O2SY+. The maximum Gasteiger partial charge on any atom is 3.00 e. The van der Waals surface area contributed by atoms with Crippen molar-refractivity contribution in [3.05, 3.63) is 7.43 Å². The molecule has 0 amide bonds. The summed E-state index contributed by atoms with van der Waals surface area (Å²) < 4.78 is 18.0. The van der Waals surface area contributed by atoms with Crippen molar-refractivity contribution in [1.82, 2.24) is 0 Å². The molecular weight excluding hydrogens is 177 g/mol. The fourth-order valence-corrected chi connectivity index (χ4v) is 0. The molecule has 0 spiro atoms. The van der Waals surface area contributed by atoms with Crippen LogP contribution in [0.2, 0.25) is 0 Å². The molecule has 0 aromatic rings. The fraction of sp³-hybridized carbons (Fsp3) is 0.500. The quantitative estimate of drug-likeness (QED) is 0.390. The summed E-state index contributed by atoms with van der Waals surface area (Å²) in [6.45, 7) is 0. The molecule has 0 aliphatic rings. The van der Waals surface area contributed by atoms with Crippen LogP contribution in [0.5, 0.6) is 0 Å². The van der Waals surface area contributed by atoms with Crippen LogP contribution in [0.25, 0.3) is 0 Å². The third kappa shape index (κ3) is 62.8. The van der Waals surface area contributed by atoms with Gasteiger partial charge in [-0.05, 0) is 6.26 Å². The van der Waals surface area contributed by atoms with Gasteiger partial charge in [0.25, 0.3) is 0 Å². The van der Waals surface area contributed by atoms with Crippen LogP contribution >= 0.6 is 0 Å². The Morgan fingerprint density at radius 3 is 1.67 bits per heavy atom. The summed E-state index contributed by atoms with van der Waals surface area (Å²) in [5.74, 6) is 0. The first-order valence-corrected chi connectivity index (χ1v) is 2.22. The van der Waals surface area contributed by atoms with Gasteiger partial charge in [-0.1, -0.05) is 11.1 Å². The van der Waals surface area contributed by atoms with Gasteiger partial charge in [0, 0.05) is 0 Å². The largest absolute Gasteiger partial charge is 3.00 e. The van der Waals surface area contributed by atoms with E-state index in [1.54, 1.807) is 0 Å². The maximum absolute atomic E-state index is 9.00. The molecule has 0 saturated heterocycles. The topological polar surface area (TPSA) is 40.1 Å². The first kappa shape index (κ1) is 15.7. The molecule has 0 fully saturated rings. The van der Waals surface area contributed by atoms with Gasteiger partial charge in [0.05, 0.1) is 0 Å². The Hall–Kier alpha value is 1.21. The van der Waals surface area contributed by atoms with Crippen molar-refractivity contribution in [3.63, 3.8) is 0 Å². The van der Waals surface area contributed by atoms with Crippen molar-refractivity contribution < 1.29 is 41.5 Å². The summed E-state index contributed by atoms with van der Waals surface area (Å²) in [5, 5.41) is 0. The van der Waals surface area contributed by atoms with Gasteiger partial charge < -0.3 is 12.0 Å². The third-order valence-electron chi connectivity index (χ3n) is 0. The molecule has 0 aliphatic carbocycles. The van der Waals surface area contributed by atoms with E-state index in [0.29, 0.717) is 0 Å². The second-order valence-electron chi connectivity index (χ2n) is 0.401. The van der Waals surface area contributed by atoms with Crippen molar-refractivity contribution >= 4 is 11.1 Å². The summed E-state index contributed by atoms with van der Waals surface area (Å²) in [4.78, 5) is 0. The van der Waals surface area contributed by atoms with Crippen molar-refractivity contribution in [2.24, 2.45) is 0 Å². The number of hydrogen-bond acceptors (Lipinski definition) is 2. The van der Waals surface area contributed by atoms with Crippen LogP contribution in [0.1, 0.15) is 0 Å². The minimum absolute atomic E-state index is 0. The molecule has 0 rings (SSSR count). The van der Waals surface area contributed by atoms with E-state index >= 15 is 0 Å². The van der Waals surface area contributed by atoms with E-state index < -0.39 is 11.1 Å². The van der Waals surface area contributed by atoms with Crippen LogP contribution in [0.15, 0.2) is 0 Å². The van der Waals surface area contributed by atoms with Gasteiger partial charge in [0.15, 0.2) is 0 Å².